The van der Waals surface area contributed by atoms with Crippen LogP contribution in [-0.4, -0.2) is 12.3 Å². The van der Waals surface area contributed by atoms with E-state index in [1.165, 1.54) is 0 Å². The average Bonchev–Trinajstić information content (AvgIpc) is 2.05. The summed E-state index contributed by atoms with van der Waals surface area (Å²) in [6, 6.07) is 5.43. The fourth-order valence-electron chi connectivity index (χ4n) is 1.11. The molecule has 0 bridgehead atoms. The van der Waals surface area contributed by atoms with Crippen LogP contribution in [0.5, 0.6) is 5.75 Å². The standard InChI is InChI=1S/C9H8ClNO/c1-6-5-11-8-4-7(10)2-3-9(8)12-6/h2-6H,1H3. The number of fused-ring (bicyclic) bond motifs is 1. The van der Waals surface area contributed by atoms with E-state index in [2.05, 4.69) is 4.99 Å². The van der Waals surface area contributed by atoms with Gasteiger partial charge >= 0.3 is 0 Å². The van der Waals surface area contributed by atoms with Gasteiger partial charge in [-0.05, 0) is 25.1 Å². The predicted octanol–water partition coefficient (Wildman–Crippen LogP) is 2.82. The Bertz CT molecular complexity index is 335. The SMILES string of the molecule is CC1C=Nc2cc(Cl)ccc2O1. The highest BCUT2D eigenvalue weighted by atomic mass is 35.5. The van der Waals surface area contributed by atoms with Gasteiger partial charge in [-0.2, -0.15) is 0 Å². The van der Waals surface area contributed by atoms with E-state index in [4.69, 9.17) is 16.3 Å². The maximum absolute atomic E-state index is 5.78. The molecule has 0 saturated carbocycles. The molecule has 3 heteroatoms. The van der Waals surface area contributed by atoms with E-state index in [-0.39, 0.29) is 6.10 Å². The van der Waals surface area contributed by atoms with E-state index in [1.807, 2.05) is 13.0 Å². The molecule has 0 amide bonds. The smallest absolute Gasteiger partial charge is 0.145 e. The zero-order valence-electron chi connectivity index (χ0n) is 6.62. The Morgan fingerprint density at radius 1 is 1.50 bits per heavy atom. The molecule has 0 fully saturated rings. The van der Waals surface area contributed by atoms with Gasteiger partial charge in [0, 0.05) is 11.2 Å². The van der Waals surface area contributed by atoms with E-state index < -0.39 is 0 Å². The second-order valence-corrected chi connectivity index (χ2v) is 3.15. The molecule has 0 N–H and O–H groups in total. The third-order valence-corrected chi connectivity index (χ3v) is 1.89. The normalized spacial score (nSPS) is 20.0. The number of halogens is 1. The minimum absolute atomic E-state index is 0.0543. The van der Waals surface area contributed by atoms with Gasteiger partial charge in [0.05, 0.1) is 0 Å². The number of ether oxygens (including phenoxy) is 1. The van der Waals surface area contributed by atoms with Gasteiger partial charge in [0.1, 0.15) is 17.5 Å². The van der Waals surface area contributed by atoms with Crippen molar-refractivity contribution in [2.45, 2.75) is 13.0 Å². The predicted molar refractivity (Wildman–Crippen MR) is 49.7 cm³/mol. The highest BCUT2D eigenvalue weighted by Gasteiger charge is 2.11. The molecule has 1 aliphatic heterocycles. The first-order chi connectivity index (χ1) is 5.75. The van der Waals surface area contributed by atoms with Crippen molar-refractivity contribution in [2.75, 3.05) is 0 Å². The molecule has 2 rings (SSSR count). The van der Waals surface area contributed by atoms with Crippen LogP contribution in [-0.2, 0) is 0 Å². The molecule has 0 saturated heterocycles. The van der Waals surface area contributed by atoms with Crippen molar-refractivity contribution >= 4 is 23.5 Å². The Morgan fingerprint density at radius 3 is 3.17 bits per heavy atom. The largest absolute Gasteiger partial charge is 0.483 e. The number of hydrogen-bond acceptors (Lipinski definition) is 2. The van der Waals surface area contributed by atoms with Crippen molar-refractivity contribution in [1.82, 2.24) is 0 Å². The summed E-state index contributed by atoms with van der Waals surface area (Å²) in [5.41, 5.74) is 0.806. The molecule has 1 aromatic carbocycles. The van der Waals surface area contributed by atoms with Crippen LogP contribution in [0.4, 0.5) is 5.69 Å². The minimum atomic E-state index is 0.0543. The lowest BCUT2D eigenvalue weighted by atomic mass is 10.2. The van der Waals surface area contributed by atoms with Gasteiger partial charge in [-0.1, -0.05) is 11.6 Å². The van der Waals surface area contributed by atoms with Crippen LogP contribution in [0.1, 0.15) is 6.92 Å². The summed E-state index contributed by atoms with van der Waals surface area (Å²) in [6.45, 7) is 1.95. The minimum Gasteiger partial charge on any atom is -0.483 e. The Kier molecular flexibility index (Phi) is 1.77. The number of aliphatic imine (C=N–C) groups is 1. The van der Waals surface area contributed by atoms with Crippen LogP contribution >= 0.6 is 11.6 Å². The number of benzene rings is 1. The van der Waals surface area contributed by atoms with Crippen LogP contribution in [0.25, 0.3) is 0 Å². The Labute approximate surface area is 75.8 Å². The van der Waals surface area contributed by atoms with Crippen molar-refractivity contribution < 1.29 is 4.74 Å². The monoisotopic (exact) mass is 181 g/mol. The second-order valence-electron chi connectivity index (χ2n) is 2.71. The third-order valence-electron chi connectivity index (χ3n) is 1.66. The molecule has 12 heavy (non-hydrogen) atoms. The maximum Gasteiger partial charge on any atom is 0.145 e. The first kappa shape index (κ1) is 7.62. The Hall–Kier alpha value is -1.02. The van der Waals surface area contributed by atoms with E-state index in [0.717, 1.165) is 11.4 Å². The summed E-state index contributed by atoms with van der Waals surface area (Å²) < 4.78 is 5.48. The van der Waals surface area contributed by atoms with Crippen LogP contribution in [0, 0.1) is 0 Å². The zero-order chi connectivity index (χ0) is 8.55. The molecule has 0 aromatic heterocycles. The van der Waals surface area contributed by atoms with Gasteiger partial charge < -0.3 is 4.74 Å². The summed E-state index contributed by atoms with van der Waals surface area (Å²) >= 11 is 5.78. The third kappa shape index (κ3) is 1.30. The second kappa shape index (κ2) is 2.79. The molecular weight excluding hydrogens is 174 g/mol. The zero-order valence-corrected chi connectivity index (χ0v) is 7.38. The van der Waals surface area contributed by atoms with E-state index in [1.54, 1.807) is 18.3 Å². The molecule has 2 nitrogen and oxygen atoms in total. The van der Waals surface area contributed by atoms with Gasteiger partial charge in [0.25, 0.3) is 0 Å². The van der Waals surface area contributed by atoms with Crippen molar-refractivity contribution in [3.8, 4) is 5.75 Å². The quantitative estimate of drug-likeness (QED) is 0.603. The molecule has 1 unspecified atom stereocenters. The lowest BCUT2D eigenvalue weighted by Gasteiger charge is -2.16. The van der Waals surface area contributed by atoms with Crippen LogP contribution in [0.15, 0.2) is 23.2 Å². The lowest BCUT2D eigenvalue weighted by Crippen LogP contribution is -2.15. The van der Waals surface area contributed by atoms with Crippen LogP contribution < -0.4 is 4.74 Å². The van der Waals surface area contributed by atoms with Gasteiger partial charge in [0.2, 0.25) is 0 Å². The molecule has 1 aromatic rings. The molecule has 1 aliphatic rings. The van der Waals surface area contributed by atoms with Crippen molar-refractivity contribution in [3.05, 3.63) is 23.2 Å². The summed E-state index contributed by atoms with van der Waals surface area (Å²) in [4.78, 5) is 4.20. The fourth-order valence-corrected chi connectivity index (χ4v) is 1.27. The van der Waals surface area contributed by atoms with Crippen molar-refractivity contribution in [1.29, 1.82) is 0 Å². The Morgan fingerprint density at radius 2 is 2.33 bits per heavy atom. The molecule has 0 spiro atoms. The van der Waals surface area contributed by atoms with Gasteiger partial charge in [-0.3, -0.25) is 4.99 Å². The molecule has 62 valence electrons. The maximum atomic E-state index is 5.78. The number of rotatable bonds is 0. The lowest BCUT2D eigenvalue weighted by molar-refractivity contribution is 0.288. The van der Waals surface area contributed by atoms with E-state index in [0.29, 0.717) is 5.02 Å². The molecule has 1 atom stereocenters. The van der Waals surface area contributed by atoms with Crippen LogP contribution in [0.3, 0.4) is 0 Å². The first-order valence-electron chi connectivity index (χ1n) is 3.76. The molecule has 0 radical (unpaired) electrons. The molecule has 0 aliphatic carbocycles. The summed E-state index contributed by atoms with van der Waals surface area (Å²) in [6.07, 6.45) is 1.82. The van der Waals surface area contributed by atoms with Gasteiger partial charge in [-0.25, -0.2) is 0 Å². The summed E-state index contributed by atoms with van der Waals surface area (Å²) in [5.74, 6) is 0.800. The topological polar surface area (TPSA) is 21.6 Å². The van der Waals surface area contributed by atoms with E-state index >= 15 is 0 Å². The fraction of sp³-hybridized carbons (Fsp3) is 0.222. The summed E-state index contributed by atoms with van der Waals surface area (Å²) in [5, 5.41) is 0.684. The van der Waals surface area contributed by atoms with Crippen LogP contribution in [0.2, 0.25) is 5.02 Å². The first-order valence-corrected chi connectivity index (χ1v) is 4.14. The van der Waals surface area contributed by atoms with Gasteiger partial charge in [0.15, 0.2) is 0 Å². The number of hydrogen-bond donors (Lipinski definition) is 0. The highest BCUT2D eigenvalue weighted by molar-refractivity contribution is 6.30. The summed E-state index contributed by atoms with van der Waals surface area (Å²) in [7, 11) is 0. The highest BCUT2D eigenvalue weighted by Crippen LogP contribution is 2.33. The Balaban J connectivity index is 2.47. The van der Waals surface area contributed by atoms with Gasteiger partial charge in [-0.15, -0.1) is 0 Å². The van der Waals surface area contributed by atoms with E-state index in [9.17, 15) is 0 Å². The van der Waals surface area contributed by atoms with Crippen molar-refractivity contribution in [3.63, 3.8) is 0 Å². The molecular formula is C9H8ClNO. The molecule has 1 heterocycles. The number of nitrogens with zero attached hydrogens (tertiary/aromatic N) is 1. The van der Waals surface area contributed by atoms with Crippen molar-refractivity contribution in [2.24, 2.45) is 4.99 Å². The average molecular weight is 182 g/mol.